The van der Waals surface area contributed by atoms with Crippen LogP contribution in [0.4, 0.5) is 0 Å². The van der Waals surface area contributed by atoms with Gasteiger partial charge in [0.2, 0.25) is 5.91 Å². The van der Waals surface area contributed by atoms with Gasteiger partial charge in [0.25, 0.3) is 5.56 Å². The number of carbonyl (C=O) groups is 1. The van der Waals surface area contributed by atoms with Crippen LogP contribution in [0, 0.1) is 0 Å². The molecule has 0 bridgehead atoms. The van der Waals surface area contributed by atoms with E-state index in [2.05, 4.69) is 12.1 Å². The number of aromatic nitrogens is 2. The van der Waals surface area contributed by atoms with Crippen molar-refractivity contribution in [1.82, 2.24) is 14.5 Å². The molecule has 0 saturated carbocycles. The van der Waals surface area contributed by atoms with Crippen molar-refractivity contribution in [2.45, 2.75) is 24.7 Å². The molecule has 0 fully saturated rings. The van der Waals surface area contributed by atoms with E-state index in [9.17, 15) is 9.59 Å². The Kier molecular flexibility index (Phi) is 6.20. The largest absolute Gasteiger partial charge is 0.337 e. The zero-order chi connectivity index (χ0) is 22.8. The zero-order valence-corrected chi connectivity index (χ0v) is 19.5. The first-order valence-electron chi connectivity index (χ1n) is 10.8. The lowest BCUT2D eigenvalue weighted by atomic mass is 10.00. The monoisotopic (exact) mass is 475 g/mol. The number of carbonyl (C=O) groups excluding carboxylic acids is 1. The molecule has 0 atom stereocenters. The predicted molar refractivity (Wildman–Crippen MR) is 133 cm³/mol. The average molecular weight is 476 g/mol. The Morgan fingerprint density at radius 2 is 1.70 bits per heavy atom. The van der Waals surface area contributed by atoms with E-state index in [0.29, 0.717) is 40.7 Å². The molecule has 33 heavy (non-hydrogen) atoms. The van der Waals surface area contributed by atoms with E-state index < -0.39 is 0 Å². The second kappa shape index (κ2) is 9.41. The fourth-order valence-electron chi connectivity index (χ4n) is 4.12. The molecule has 7 heteroatoms. The zero-order valence-electron chi connectivity index (χ0n) is 17.9. The Hall–Kier alpha value is -3.09. The summed E-state index contributed by atoms with van der Waals surface area (Å²) in [6.07, 6.45) is 0.859. The van der Waals surface area contributed by atoms with Gasteiger partial charge in [-0.25, -0.2) is 4.98 Å². The molecule has 3 aromatic carbocycles. The Labute approximate surface area is 201 Å². The highest BCUT2D eigenvalue weighted by molar-refractivity contribution is 7.99. The number of fused-ring (bicyclic) bond motifs is 2. The van der Waals surface area contributed by atoms with Crippen molar-refractivity contribution in [2.24, 2.45) is 0 Å². The van der Waals surface area contributed by atoms with Crippen molar-refractivity contribution in [3.05, 3.63) is 105 Å². The van der Waals surface area contributed by atoms with Crippen LogP contribution in [0.15, 0.2) is 82.7 Å². The van der Waals surface area contributed by atoms with E-state index in [1.807, 2.05) is 53.4 Å². The lowest BCUT2D eigenvalue weighted by Gasteiger charge is -2.28. The number of thioether (sulfide) groups is 1. The third kappa shape index (κ3) is 4.54. The molecule has 0 radical (unpaired) electrons. The lowest BCUT2D eigenvalue weighted by Crippen LogP contribution is -2.37. The van der Waals surface area contributed by atoms with Gasteiger partial charge in [0, 0.05) is 18.1 Å². The van der Waals surface area contributed by atoms with E-state index in [1.165, 1.54) is 22.9 Å². The number of hydrogen-bond donors (Lipinski definition) is 0. The van der Waals surface area contributed by atoms with Crippen LogP contribution >= 0.6 is 23.4 Å². The molecule has 5 nitrogen and oxygen atoms in total. The summed E-state index contributed by atoms with van der Waals surface area (Å²) < 4.78 is 1.62. The number of benzene rings is 3. The molecule has 5 rings (SSSR count). The van der Waals surface area contributed by atoms with Crippen molar-refractivity contribution in [2.75, 3.05) is 12.3 Å². The van der Waals surface area contributed by atoms with E-state index >= 15 is 0 Å². The molecule has 166 valence electrons. The minimum absolute atomic E-state index is 0.0428. The van der Waals surface area contributed by atoms with Crippen LogP contribution in [0.2, 0.25) is 5.02 Å². The summed E-state index contributed by atoms with van der Waals surface area (Å²) >= 11 is 7.67. The van der Waals surface area contributed by atoms with E-state index in [0.717, 1.165) is 12.0 Å². The molecule has 1 aromatic heterocycles. The smallest absolute Gasteiger partial charge is 0.262 e. The number of rotatable bonds is 5. The van der Waals surface area contributed by atoms with Crippen molar-refractivity contribution in [3.8, 4) is 0 Å². The summed E-state index contributed by atoms with van der Waals surface area (Å²) in [5.74, 6) is 0.261. The molecular weight excluding hydrogens is 454 g/mol. The van der Waals surface area contributed by atoms with Gasteiger partial charge in [-0.2, -0.15) is 0 Å². The maximum absolute atomic E-state index is 13.3. The highest BCUT2D eigenvalue weighted by atomic mass is 35.5. The molecule has 0 unspecified atom stereocenters. The number of amides is 1. The fraction of sp³-hybridized carbons (Fsp3) is 0.192. The minimum atomic E-state index is -0.137. The normalized spacial score (nSPS) is 13.2. The third-order valence-corrected chi connectivity index (χ3v) is 7.25. The summed E-state index contributed by atoms with van der Waals surface area (Å²) in [6, 6.07) is 23.0. The molecule has 0 spiro atoms. The van der Waals surface area contributed by atoms with Gasteiger partial charge in [0.15, 0.2) is 5.16 Å². The molecule has 2 heterocycles. The van der Waals surface area contributed by atoms with Gasteiger partial charge in [-0.1, -0.05) is 78.0 Å². The van der Waals surface area contributed by atoms with Crippen LogP contribution in [-0.2, 0) is 24.3 Å². The summed E-state index contributed by atoms with van der Waals surface area (Å²) in [5, 5.41) is 1.66. The summed E-state index contributed by atoms with van der Waals surface area (Å²) in [5.41, 5.74) is 3.82. The first kappa shape index (κ1) is 21.7. The highest BCUT2D eigenvalue weighted by Gasteiger charge is 2.21. The molecular formula is C26H22ClN3O2S. The fourth-order valence-corrected chi connectivity index (χ4v) is 5.22. The summed E-state index contributed by atoms with van der Waals surface area (Å²) in [4.78, 5) is 33.0. The van der Waals surface area contributed by atoms with Gasteiger partial charge in [-0.15, -0.1) is 0 Å². The number of para-hydroxylation sites is 1. The summed E-state index contributed by atoms with van der Waals surface area (Å²) in [7, 11) is 0. The van der Waals surface area contributed by atoms with Crippen LogP contribution in [0.5, 0.6) is 0 Å². The van der Waals surface area contributed by atoms with E-state index in [4.69, 9.17) is 16.6 Å². The van der Waals surface area contributed by atoms with Crippen molar-refractivity contribution in [1.29, 1.82) is 0 Å². The van der Waals surface area contributed by atoms with Gasteiger partial charge in [0.05, 0.1) is 23.2 Å². The quantitative estimate of drug-likeness (QED) is 0.308. The number of halogens is 1. The first-order valence-corrected chi connectivity index (χ1v) is 12.2. The molecule has 1 aliphatic rings. The van der Waals surface area contributed by atoms with Crippen LogP contribution in [-0.4, -0.2) is 32.7 Å². The molecule has 0 saturated heterocycles. The first-order chi connectivity index (χ1) is 16.1. The Balaban J connectivity index is 1.42. The Morgan fingerprint density at radius 3 is 2.55 bits per heavy atom. The van der Waals surface area contributed by atoms with Gasteiger partial charge in [0.1, 0.15) is 0 Å². The van der Waals surface area contributed by atoms with Crippen molar-refractivity contribution < 1.29 is 4.79 Å². The van der Waals surface area contributed by atoms with Crippen molar-refractivity contribution in [3.63, 3.8) is 0 Å². The maximum atomic E-state index is 13.3. The number of nitrogens with zero attached hydrogens (tertiary/aromatic N) is 3. The van der Waals surface area contributed by atoms with Crippen LogP contribution in [0.25, 0.3) is 10.9 Å². The second-order valence-electron chi connectivity index (χ2n) is 8.02. The molecule has 1 amide bonds. The Morgan fingerprint density at radius 1 is 0.970 bits per heavy atom. The SMILES string of the molecule is O=C(CSc1nc2ccccc2c(=O)n1Cc1ccccc1Cl)N1CCc2ccccc2C1. The predicted octanol–water partition coefficient (Wildman–Crippen LogP) is 4.78. The van der Waals surface area contributed by atoms with E-state index in [1.54, 1.807) is 16.7 Å². The topological polar surface area (TPSA) is 55.2 Å². The highest BCUT2D eigenvalue weighted by Crippen LogP contribution is 2.24. The second-order valence-corrected chi connectivity index (χ2v) is 9.37. The standard InChI is InChI=1S/C26H22ClN3O2S/c27-22-11-5-3-9-20(22)16-30-25(32)21-10-4-6-12-23(21)28-26(30)33-17-24(31)29-14-13-18-7-1-2-8-19(18)15-29/h1-12H,13-17H2. The third-order valence-electron chi connectivity index (χ3n) is 5.92. The van der Waals surface area contributed by atoms with Crippen molar-refractivity contribution >= 4 is 40.2 Å². The number of hydrogen-bond acceptors (Lipinski definition) is 4. The molecule has 1 aliphatic heterocycles. The van der Waals surface area contributed by atoms with Gasteiger partial charge < -0.3 is 4.90 Å². The Bertz CT molecular complexity index is 1400. The van der Waals surface area contributed by atoms with E-state index in [-0.39, 0.29) is 17.2 Å². The molecule has 0 aliphatic carbocycles. The summed E-state index contributed by atoms with van der Waals surface area (Å²) in [6.45, 7) is 1.62. The molecule has 4 aromatic rings. The van der Waals surface area contributed by atoms with Crippen LogP contribution in [0.3, 0.4) is 0 Å². The van der Waals surface area contributed by atoms with Gasteiger partial charge in [-0.05, 0) is 41.3 Å². The maximum Gasteiger partial charge on any atom is 0.262 e. The minimum Gasteiger partial charge on any atom is -0.337 e. The molecule has 0 N–H and O–H groups in total. The average Bonchev–Trinajstić information content (AvgIpc) is 2.85. The van der Waals surface area contributed by atoms with Crippen LogP contribution in [0.1, 0.15) is 16.7 Å². The van der Waals surface area contributed by atoms with Gasteiger partial charge in [-0.3, -0.25) is 14.2 Å². The lowest BCUT2D eigenvalue weighted by molar-refractivity contribution is -0.129. The van der Waals surface area contributed by atoms with Gasteiger partial charge >= 0.3 is 0 Å². The van der Waals surface area contributed by atoms with Crippen LogP contribution < -0.4 is 5.56 Å².